The van der Waals surface area contributed by atoms with Gasteiger partial charge in [-0.2, -0.15) is 0 Å². The first-order chi connectivity index (χ1) is 15.9. The summed E-state index contributed by atoms with van der Waals surface area (Å²) in [4.78, 5) is 40.7. The summed E-state index contributed by atoms with van der Waals surface area (Å²) in [6.45, 7) is 11.1. The van der Waals surface area contributed by atoms with E-state index in [4.69, 9.17) is 4.74 Å². The fourth-order valence-corrected chi connectivity index (χ4v) is 3.48. The van der Waals surface area contributed by atoms with Gasteiger partial charge in [0.1, 0.15) is 18.2 Å². The van der Waals surface area contributed by atoms with Gasteiger partial charge in [-0.1, -0.05) is 67.6 Å². The fraction of sp³-hybridized carbons (Fsp3) is 0.444. The molecule has 2 aromatic rings. The van der Waals surface area contributed by atoms with E-state index in [1.54, 1.807) is 25.7 Å². The van der Waals surface area contributed by atoms with Crippen LogP contribution in [0.3, 0.4) is 0 Å². The molecule has 0 heterocycles. The molecule has 2 N–H and O–H groups in total. The van der Waals surface area contributed by atoms with Gasteiger partial charge in [0.2, 0.25) is 11.8 Å². The molecule has 2 rings (SSSR count). The number of ether oxygens (including phenoxy) is 1. The van der Waals surface area contributed by atoms with Crippen LogP contribution in [0, 0.1) is 0 Å². The van der Waals surface area contributed by atoms with E-state index >= 15 is 0 Å². The average Bonchev–Trinajstić information content (AvgIpc) is 2.79. The van der Waals surface area contributed by atoms with Crippen molar-refractivity contribution in [3.8, 4) is 0 Å². The van der Waals surface area contributed by atoms with Gasteiger partial charge < -0.3 is 20.3 Å². The molecule has 0 fully saturated rings. The van der Waals surface area contributed by atoms with E-state index in [2.05, 4.69) is 10.6 Å². The summed E-state index contributed by atoms with van der Waals surface area (Å²) in [6, 6.07) is 17.9. The zero-order valence-electron chi connectivity index (χ0n) is 21.1. The molecule has 0 radical (unpaired) electrons. The van der Waals surface area contributed by atoms with Crippen LogP contribution in [-0.4, -0.2) is 40.5 Å². The molecular weight excluding hydrogens is 430 g/mol. The van der Waals surface area contributed by atoms with E-state index in [-0.39, 0.29) is 18.4 Å². The Bertz CT molecular complexity index is 953. The summed E-state index contributed by atoms with van der Waals surface area (Å²) in [5, 5.41) is 5.51. The van der Waals surface area contributed by atoms with Gasteiger partial charge >= 0.3 is 6.09 Å². The molecule has 3 amide bonds. The van der Waals surface area contributed by atoms with Crippen molar-refractivity contribution in [3.05, 3.63) is 71.8 Å². The standard InChI is InChI=1S/C27H37N3O4/c1-7-27(5,6)30(22(31)19-29-25(33)34-26(2,3)4)23(21-16-12-9-13-17-21)24(32)28-18-20-14-10-8-11-15-20/h8-17,23H,7,18-19H2,1-6H3,(H,28,32)(H,29,33). The number of nitrogens with zero attached hydrogens (tertiary/aromatic N) is 1. The predicted octanol–water partition coefficient (Wildman–Crippen LogP) is 4.59. The smallest absolute Gasteiger partial charge is 0.408 e. The Morgan fingerprint density at radius 1 is 0.882 bits per heavy atom. The molecule has 0 aliphatic rings. The highest BCUT2D eigenvalue weighted by Crippen LogP contribution is 2.31. The molecule has 0 aromatic heterocycles. The summed E-state index contributed by atoms with van der Waals surface area (Å²) in [5.74, 6) is -0.663. The van der Waals surface area contributed by atoms with Gasteiger partial charge in [-0.05, 0) is 52.2 Å². The van der Waals surface area contributed by atoms with E-state index in [9.17, 15) is 14.4 Å². The molecule has 0 saturated carbocycles. The van der Waals surface area contributed by atoms with Crippen LogP contribution in [0.4, 0.5) is 4.79 Å². The molecule has 0 spiro atoms. The molecule has 184 valence electrons. The monoisotopic (exact) mass is 467 g/mol. The Morgan fingerprint density at radius 2 is 1.44 bits per heavy atom. The predicted molar refractivity (Wildman–Crippen MR) is 133 cm³/mol. The third-order valence-corrected chi connectivity index (χ3v) is 5.50. The first-order valence-corrected chi connectivity index (χ1v) is 11.6. The van der Waals surface area contributed by atoms with Gasteiger partial charge in [0, 0.05) is 12.1 Å². The number of carbonyl (C=O) groups excluding carboxylic acids is 3. The molecule has 0 bridgehead atoms. The van der Waals surface area contributed by atoms with E-state index < -0.39 is 23.3 Å². The maximum atomic E-state index is 13.5. The molecule has 0 aliphatic carbocycles. The summed E-state index contributed by atoms with van der Waals surface area (Å²) in [7, 11) is 0. The van der Waals surface area contributed by atoms with Crippen LogP contribution in [0.25, 0.3) is 0 Å². The molecular formula is C27H37N3O4. The molecule has 0 aliphatic heterocycles. The van der Waals surface area contributed by atoms with Gasteiger partial charge in [0.25, 0.3) is 0 Å². The highest BCUT2D eigenvalue weighted by atomic mass is 16.6. The third kappa shape index (κ3) is 7.90. The lowest BCUT2D eigenvalue weighted by Gasteiger charge is -2.43. The van der Waals surface area contributed by atoms with Crippen molar-refractivity contribution in [2.75, 3.05) is 6.54 Å². The normalized spacial score (nSPS) is 12.4. The first kappa shape index (κ1) is 26.9. The van der Waals surface area contributed by atoms with Crippen LogP contribution >= 0.6 is 0 Å². The summed E-state index contributed by atoms with van der Waals surface area (Å²) < 4.78 is 5.26. The topological polar surface area (TPSA) is 87.7 Å². The fourth-order valence-electron chi connectivity index (χ4n) is 3.48. The summed E-state index contributed by atoms with van der Waals surface area (Å²) >= 11 is 0. The maximum absolute atomic E-state index is 13.5. The number of hydrogen-bond donors (Lipinski definition) is 2. The second kappa shape index (κ2) is 11.7. The molecule has 1 atom stereocenters. The van der Waals surface area contributed by atoms with E-state index in [1.165, 1.54) is 0 Å². The van der Waals surface area contributed by atoms with Gasteiger partial charge in [0.15, 0.2) is 0 Å². The molecule has 2 aromatic carbocycles. The maximum Gasteiger partial charge on any atom is 0.408 e. The van der Waals surface area contributed by atoms with Crippen LogP contribution in [0.5, 0.6) is 0 Å². The number of benzene rings is 2. The highest BCUT2D eigenvalue weighted by molar-refractivity contribution is 5.91. The van der Waals surface area contributed by atoms with Gasteiger partial charge in [-0.3, -0.25) is 9.59 Å². The summed E-state index contributed by atoms with van der Waals surface area (Å²) in [5.41, 5.74) is 0.318. The number of rotatable bonds is 9. The molecule has 1 unspecified atom stereocenters. The molecule has 34 heavy (non-hydrogen) atoms. The lowest BCUT2D eigenvalue weighted by molar-refractivity contribution is -0.146. The second-order valence-electron chi connectivity index (χ2n) is 9.80. The first-order valence-electron chi connectivity index (χ1n) is 11.6. The van der Waals surface area contributed by atoms with Crippen molar-refractivity contribution in [3.63, 3.8) is 0 Å². The molecule has 7 nitrogen and oxygen atoms in total. The Kier molecular flexibility index (Phi) is 9.24. The number of hydrogen-bond acceptors (Lipinski definition) is 4. The lowest BCUT2D eigenvalue weighted by Crippen LogP contribution is -2.56. The van der Waals surface area contributed by atoms with E-state index in [1.807, 2.05) is 81.4 Å². The minimum atomic E-state index is -0.868. The van der Waals surface area contributed by atoms with Crippen LogP contribution in [-0.2, 0) is 20.9 Å². The van der Waals surface area contributed by atoms with E-state index in [0.717, 1.165) is 5.56 Å². The largest absolute Gasteiger partial charge is 0.444 e. The minimum Gasteiger partial charge on any atom is -0.444 e. The van der Waals surface area contributed by atoms with Crippen molar-refractivity contribution >= 4 is 17.9 Å². The van der Waals surface area contributed by atoms with Crippen LogP contribution in [0.1, 0.15) is 65.1 Å². The Balaban J connectivity index is 2.33. The van der Waals surface area contributed by atoms with Crippen molar-refractivity contribution in [2.24, 2.45) is 0 Å². The zero-order valence-corrected chi connectivity index (χ0v) is 21.1. The van der Waals surface area contributed by atoms with Crippen LogP contribution in [0.2, 0.25) is 0 Å². The van der Waals surface area contributed by atoms with E-state index in [0.29, 0.717) is 18.5 Å². The highest BCUT2D eigenvalue weighted by Gasteiger charge is 2.40. The van der Waals surface area contributed by atoms with Crippen molar-refractivity contribution < 1.29 is 19.1 Å². The number of carbonyl (C=O) groups is 3. The van der Waals surface area contributed by atoms with Crippen LogP contribution in [0.15, 0.2) is 60.7 Å². The summed E-state index contributed by atoms with van der Waals surface area (Å²) in [6.07, 6.45) is -0.0691. The quantitative estimate of drug-likeness (QED) is 0.565. The number of nitrogens with one attached hydrogen (secondary N) is 2. The Labute approximate surface area is 202 Å². The van der Waals surface area contributed by atoms with Gasteiger partial charge in [-0.15, -0.1) is 0 Å². The molecule has 7 heteroatoms. The van der Waals surface area contributed by atoms with Gasteiger partial charge in [0.05, 0.1) is 0 Å². The van der Waals surface area contributed by atoms with Crippen molar-refractivity contribution in [1.82, 2.24) is 15.5 Å². The average molecular weight is 468 g/mol. The van der Waals surface area contributed by atoms with Gasteiger partial charge in [-0.25, -0.2) is 4.79 Å². The zero-order chi connectivity index (χ0) is 25.4. The Hall–Kier alpha value is -3.35. The minimum absolute atomic E-state index is 0.284. The number of amides is 3. The SMILES string of the molecule is CCC(C)(C)N(C(=O)CNC(=O)OC(C)(C)C)C(C(=O)NCc1ccccc1)c1ccccc1. The number of alkyl carbamates (subject to hydrolysis) is 1. The lowest BCUT2D eigenvalue weighted by atomic mass is 9.93. The van der Waals surface area contributed by atoms with Crippen molar-refractivity contribution in [2.45, 2.75) is 71.7 Å². The Morgan fingerprint density at radius 3 is 1.97 bits per heavy atom. The van der Waals surface area contributed by atoms with Crippen LogP contribution < -0.4 is 10.6 Å². The van der Waals surface area contributed by atoms with Crippen molar-refractivity contribution in [1.29, 1.82) is 0 Å². The second-order valence-corrected chi connectivity index (χ2v) is 9.80. The molecule has 0 saturated heterocycles. The third-order valence-electron chi connectivity index (χ3n) is 5.50.